The number of carbonyl (C=O) groups is 2. The molecule has 5 nitrogen and oxygen atoms in total. The Morgan fingerprint density at radius 2 is 1.51 bits per heavy atom. The molecule has 7 heteroatoms. The van der Waals surface area contributed by atoms with E-state index in [0.29, 0.717) is 34.9 Å². The van der Waals surface area contributed by atoms with Gasteiger partial charge in [-0.25, -0.2) is 0 Å². The van der Waals surface area contributed by atoms with Crippen LogP contribution in [0.5, 0.6) is 5.75 Å². The molecule has 4 aromatic carbocycles. The number of Topliss-reactive ketones (excluding diaryl/α,β-unsaturated/α-hetero) is 2. The quantitative estimate of drug-likeness (QED) is 0.153. The van der Waals surface area contributed by atoms with Gasteiger partial charge in [-0.05, 0) is 79.1 Å². The van der Waals surface area contributed by atoms with Gasteiger partial charge in [-0.2, -0.15) is 5.10 Å². The molecule has 0 aliphatic carbocycles. The van der Waals surface area contributed by atoms with E-state index in [9.17, 15) is 9.59 Å². The second-order valence-electron chi connectivity index (χ2n) is 10.2. The Balaban J connectivity index is 1.53. The van der Waals surface area contributed by atoms with Crippen LogP contribution in [0.1, 0.15) is 55.1 Å². The topological polar surface area (TPSA) is 61.2 Å². The highest BCUT2D eigenvalue weighted by Crippen LogP contribution is 2.35. The van der Waals surface area contributed by atoms with Crippen molar-refractivity contribution in [2.45, 2.75) is 39.2 Å². The van der Waals surface area contributed by atoms with E-state index in [1.54, 1.807) is 20.1 Å². The molecule has 0 bridgehead atoms. The van der Waals surface area contributed by atoms with Gasteiger partial charge in [0.1, 0.15) is 11.5 Å². The van der Waals surface area contributed by atoms with Crippen molar-refractivity contribution in [2.75, 3.05) is 7.11 Å². The van der Waals surface area contributed by atoms with Gasteiger partial charge in [-0.15, -0.1) is 0 Å². The van der Waals surface area contributed by atoms with E-state index in [1.807, 2.05) is 59.3 Å². The number of hydrogen-bond donors (Lipinski definition) is 0. The van der Waals surface area contributed by atoms with Crippen molar-refractivity contribution in [3.63, 3.8) is 0 Å². The summed E-state index contributed by atoms with van der Waals surface area (Å²) in [5.41, 5.74) is 5.18. The number of hydrogen-bond acceptors (Lipinski definition) is 4. The van der Waals surface area contributed by atoms with Crippen molar-refractivity contribution < 1.29 is 14.3 Å². The zero-order valence-corrected chi connectivity index (χ0v) is 24.7. The largest absolute Gasteiger partial charge is 0.497 e. The van der Waals surface area contributed by atoms with Gasteiger partial charge in [-0.3, -0.25) is 9.48 Å². The molecule has 0 N–H and O–H groups in total. The minimum Gasteiger partial charge on any atom is -0.497 e. The first-order valence-corrected chi connectivity index (χ1v) is 14.2. The molecule has 0 amide bonds. The Hall–Kier alpha value is -3.93. The van der Waals surface area contributed by atoms with Crippen LogP contribution in [0.25, 0.3) is 33.3 Å². The molecule has 0 radical (unpaired) electrons. The van der Waals surface area contributed by atoms with Crippen LogP contribution in [0.4, 0.5) is 0 Å². The van der Waals surface area contributed by atoms with Crippen molar-refractivity contribution in [3.05, 3.63) is 106 Å². The number of ketones is 2. The zero-order valence-electron chi connectivity index (χ0n) is 23.2. The second kappa shape index (κ2) is 12.3. The molecule has 5 rings (SSSR count). The lowest BCUT2D eigenvalue weighted by Crippen LogP contribution is -2.11. The van der Waals surface area contributed by atoms with Gasteiger partial charge in [-0.1, -0.05) is 65.7 Å². The van der Waals surface area contributed by atoms with Crippen molar-refractivity contribution >= 4 is 45.5 Å². The summed E-state index contributed by atoms with van der Waals surface area (Å²) >= 11 is 12.7. The average molecular weight is 586 g/mol. The summed E-state index contributed by atoms with van der Waals surface area (Å²) in [6.07, 6.45) is 1.35. The van der Waals surface area contributed by atoms with Gasteiger partial charge in [0, 0.05) is 39.6 Å². The highest BCUT2D eigenvalue weighted by atomic mass is 35.5. The van der Waals surface area contributed by atoms with Crippen LogP contribution in [0.3, 0.4) is 0 Å². The lowest BCUT2D eigenvalue weighted by Gasteiger charge is -2.17. The first-order chi connectivity index (χ1) is 19.7. The van der Waals surface area contributed by atoms with E-state index in [2.05, 4.69) is 31.2 Å². The Labute approximate surface area is 249 Å². The molecular formula is C34H30Cl2N2O3. The van der Waals surface area contributed by atoms with E-state index in [1.165, 1.54) is 0 Å². The summed E-state index contributed by atoms with van der Waals surface area (Å²) in [5, 5.41) is 8.27. The number of aromatic nitrogens is 2. The molecular weight excluding hydrogens is 555 g/mol. The van der Waals surface area contributed by atoms with Crippen LogP contribution in [0.2, 0.25) is 10.0 Å². The van der Waals surface area contributed by atoms with Gasteiger partial charge in [0.25, 0.3) is 0 Å². The summed E-state index contributed by atoms with van der Waals surface area (Å²) < 4.78 is 7.39. The predicted molar refractivity (Wildman–Crippen MR) is 166 cm³/mol. The number of rotatable bonds is 10. The minimum absolute atomic E-state index is 0.0400. The molecule has 0 spiro atoms. The SMILES string of the molecule is COc1ccc2cc(-c3cc(-c4cc(Cl)cc(Cl)c4)nn3[C@@H](C)c3ccc(C(=O)CCCC(C)=O)cc3)ccc2c1. The zero-order chi connectivity index (χ0) is 29.1. The third-order valence-electron chi connectivity index (χ3n) is 7.25. The third kappa shape index (κ3) is 6.53. The number of nitrogens with zero attached hydrogens (tertiary/aromatic N) is 2. The number of methoxy groups -OCH3 is 1. The van der Waals surface area contributed by atoms with E-state index in [-0.39, 0.29) is 17.6 Å². The Morgan fingerprint density at radius 1 is 0.829 bits per heavy atom. The minimum atomic E-state index is -0.137. The maximum atomic E-state index is 12.6. The molecule has 1 heterocycles. The van der Waals surface area contributed by atoms with Gasteiger partial charge >= 0.3 is 0 Å². The number of fused-ring (bicyclic) bond motifs is 1. The summed E-state index contributed by atoms with van der Waals surface area (Å²) in [6.45, 7) is 3.63. The van der Waals surface area contributed by atoms with E-state index in [0.717, 1.165) is 44.6 Å². The van der Waals surface area contributed by atoms with Crippen molar-refractivity contribution in [3.8, 4) is 28.3 Å². The van der Waals surface area contributed by atoms with Gasteiger partial charge in [0.15, 0.2) is 5.78 Å². The summed E-state index contributed by atoms with van der Waals surface area (Å²) in [7, 11) is 1.66. The highest BCUT2D eigenvalue weighted by molar-refractivity contribution is 6.35. The number of carbonyl (C=O) groups excluding carboxylic acids is 2. The number of halogens is 2. The van der Waals surface area contributed by atoms with Crippen LogP contribution in [0.15, 0.2) is 84.9 Å². The molecule has 5 aromatic rings. The molecule has 208 valence electrons. The fourth-order valence-electron chi connectivity index (χ4n) is 4.99. The summed E-state index contributed by atoms with van der Waals surface area (Å²) in [6, 6.07) is 27.3. The number of benzene rings is 4. The molecule has 0 fully saturated rings. The standard InChI is InChI=1S/C34H30Cl2N2O3/c1-21(39)5-4-6-34(40)24-9-7-23(8-10-24)22(2)38-33(20-32(37-38)28-16-29(35)19-30(36)17-28)27-12-11-26-18-31(41-3)14-13-25(26)15-27/h7-20,22H,4-6H2,1-3H3/t22-/m0/s1. The van der Waals surface area contributed by atoms with Gasteiger partial charge in [0.2, 0.25) is 0 Å². The molecule has 0 aliphatic rings. The lowest BCUT2D eigenvalue weighted by atomic mass is 10.0. The second-order valence-corrected chi connectivity index (χ2v) is 11.1. The fourth-order valence-corrected chi connectivity index (χ4v) is 5.52. The van der Waals surface area contributed by atoms with Crippen molar-refractivity contribution in [1.82, 2.24) is 9.78 Å². The molecule has 41 heavy (non-hydrogen) atoms. The van der Waals surface area contributed by atoms with Crippen LogP contribution in [-0.2, 0) is 4.79 Å². The maximum Gasteiger partial charge on any atom is 0.162 e. The molecule has 0 aliphatic heterocycles. The summed E-state index contributed by atoms with van der Waals surface area (Å²) in [5.74, 6) is 0.950. The first kappa shape index (κ1) is 28.6. The highest BCUT2D eigenvalue weighted by Gasteiger charge is 2.19. The normalized spacial score (nSPS) is 11.9. The monoisotopic (exact) mass is 584 g/mol. The molecule has 1 aromatic heterocycles. The Kier molecular flexibility index (Phi) is 8.57. The van der Waals surface area contributed by atoms with E-state index in [4.69, 9.17) is 33.0 Å². The number of ether oxygens (including phenoxy) is 1. The molecule has 0 saturated heterocycles. The maximum absolute atomic E-state index is 12.6. The van der Waals surface area contributed by atoms with Crippen molar-refractivity contribution in [2.24, 2.45) is 0 Å². The van der Waals surface area contributed by atoms with Crippen molar-refractivity contribution in [1.29, 1.82) is 0 Å². The first-order valence-electron chi connectivity index (χ1n) is 13.5. The van der Waals surface area contributed by atoms with Crippen LogP contribution >= 0.6 is 23.2 Å². The average Bonchev–Trinajstić information content (AvgIpc) is 3.41. The Morgan fingerprint density at radius 3 is 2.20 bits per heavy atom. The van der Waals surface area contributed by atoms with Gasteiger partial charge in [0.05, 0.1) is 24.5 Å². The van der Waals surface area contributed by atoms with Gasteiger partial charge < -0.3 is 9.53 Å². The predicted octanol–water partition coefficient (Wildman–Crippen LogP) is 9.24. The van der Waals surface area contributed by atoms with Crippen LogP contribution in [-0.4, -0.2) is 28.5 Å². The smallest absolute Gasteiger partial charge is 0.162 e. The summed E-state index contributed by atoms with van der Waals surface area (Å²) in [4.78, 5) is 23.8. The van der Waals surface area contributed by atoms with Crippen LogP contribution in [0, 0.1) is 0 Å². The molecule has 1 atom stereocenters. The van der Waals surface area contributed by atoms with E-state index >= 15 is 0 Å². The molecule has 0 saturated carbocycles. The Bertz CT molecular complexity index is 1720. The molecule has 0 unspecified atom stereocenters. The third-order valence-corrected chi connectivity index (χ3v) is 7.69. The van der Waals surface area contributed by atoms with Crippen LogP contribution < -0.4 is 4.74 Å². The fraction of sp³-hybridized carbons (Fsp3) is 0.206. The lowest BCUT2D eigenvalue weighted by molar-refractivity contribution is -0.117. The van der Waals surface area contributed by atoms with E-state index < -0.39 is 0 Å².